The molecule has 0 aliphatic heterocycles. The van der Waals surface area contributed by atoms with Gasteiger partial charge in [0, 0.05) is 38.3 Å². The number of nitrogens with zero attached hydrogens (tertiary/aromatic N) is 2. The average molecular weight is 721 g/mol. The Hall–Kier alpha value is -6.38. The predicted octanol–water partition coefficient (Wildman–Crippen LogP) is 14.7. The summed E-state index contributed by atoms with van der Waals surface area (Å²) in [6, 6.07) is 63.2. The van der Waals surface area contributed by atoms with Gasteiger partial charge in [-0.05, 0) is 111 Å². The minimum atomic E-state index is 0.0860. The van der Waals surface area contributed by atoms with Crippen LogP contribution in [-0.4, -0.2) is 9.13 Å². The molecule has 11 rings (SSSR count). The molecule has 0 unspecified atom stereocenters. The van der Waals surface area contributed by atoms with Crippen molar-refractivity contribution in [2.75, 3.05) is 0 Å². The lowest BCUT2D eigenvalue weighted by Gasteiger charge is -2.42. The second kappa shape index (κ2) is 12.1. The predicted molar refractivity (Wildman–Crippen MR) is 239 cm³/mol. The maximum atomic E-state index is 2.57. The Kier molecular flexibility index (Phi) is 7.11. The van der Waals surface area contributed by atoms with Crippen LogP contribution in [0.4, 0.5) is 0 Å². The van der Waals surface area contributed by atoms with Crippen LogP contribution in [0.3, 0.4) is 0 Å². The molecule has 2 aromatic heterocycles. The molecule has 0 amide bonds. The Labute approximate surface area is 328 Å². The number of hydrogen-bond donors (Lipinski definition) is 0. The highest BCUT2D eigenvalue weighted by atomic mass is 15.0. The largest absolute Gasteiger partial charge is 0.309 e. The van der Waals surface area contributed by atoms with Crippen molar-refractivity contribution in [3.63, 3.8) is 0 Å². The zero-order valence-electron chi connectivity index (χ0n) is 32.5. The summed E-state index contributed by atoms with van der Waals surface area (Å²) in [6.07, 6.45) is 2.36. The fraction of sp³-hybridized carbons (Fsp3) is 0.148. The van der Waals surface area contributed by atoms with Crippen LogP contribution in [0.15, 0.2) is 170 Å². The fourth-order valence-electron chi connectivity index (χ4n) is 9.89. The lowest BCUT2D eigenvalue weighted by molar-refractivity contribution is 0.332. The van der Waals surface area contributed by atoms with Gasteiger partial charge in [0.1, 0.15) is 0 Å². The third kappa shape index (κ3) is 4.88. The number of para-hydroxylation sites is 1. The van der Waals surface area contributed by atoms with Gasteiger partial charge in [-0.2, -0.15) is 0 Å². The van der Waals surface area contributed by atoms with Gasteiger partial charge in [0.25, 0.3) is 0 Å². The summed E-state index contributed by atoms with van der Waals surface area (Å²) < 4.78 is 5.06. The van der Waals surface area contributed by atoms with E-state index in [2.05, 4.69) is 207 Å². The van der Waals surface area contributed by atoms with E-state index in [0.29, 0.717) is 0 Å². The fourth-order valence-corrected chi connectivity index (χ4v) is 9.89. The van der Waals surface area contributed by atoms with E-state index in [0.717, 1.165) is 0 Å². The first-order valence-corrected chi connectivity index (χ1v) is 20.1. The van der Waals surface area contributed by atoms with Crippen LogP contribution in [0, 0.1) is 0 Å². The van der Waals surface area contributed by atoms with Crippen molar-refractivity contribution < 1.29 is 0 Å². The van der Waals surface area contributed by atoms with E-state index < -0.39 is 0 Å². The van der Waals surface area contributed by atoms with Gasteiger partial charge in [-0.25, -0.2) is 0 Å². The van der Waals surface area contributed by atoms with E-state index in [1.807, 2.05) is 0 Å². The maximum Gasteiger partial charge on any atom is 0.0619 e. The molecule has 0 atom stereocenters. The molecule has 2 heterocycles. The van der Waals surface area contributed by atoms with Crippen LogP contribution in [0.2, 0.25) is 0 Å². The SMILES string of the molecule is CC1(C)CCC(C)(C)c2cc3c(cc21)c1cc2c4ccc5ccccc5c4n(-c4ccccc4)c2cc1n3-c1cccc(-c2ccccc2-c2ccccc2)c1. The summed E-state index contributed by atoms with van der Waals surface area (Å²) in [4.78, 5) is 0. The summed E-state index contributed by atoms with van der Waals surface area (Å²) in [6.45, 7) is 9.76. The lowest BCUT2D eigenvalue weighted by Crippen LogP contribution is -2.33. The molecule has 10 aromatic rings. The molecular formula is C54H44N2. The highest BCUT2D eigenvalue weighted by Gasteiger charge is 2.38. The van der Waals surface area contributed by atoms with E-state index in [-0.39, 0.29) is 10.8 Å². The molecule has 270 valence electrons. The average Bonchev–Trinajstić information content (AvgIpc) is 3.73. The Morgan fingerprint density at radius 2 is 0.929 bits per heavy atom. The number of fused-ring (bicyclic) bond motifs is 9. The molecule has 0 fully saturated rings. The standard InChI is InChI=1S/C54H44N2/c1-53(2)28-29-54(3,4)48-33-49-46(32-47(48)53)45-31-44-43-27-26-36-18-11-12-25-42(36)52(43)56(38-20-9-6-10-21-38)51(44)34-50(45)55(49)39-22-15-19-37(30-39)41-24-14-13-23-40(41)35-16-7-5-8-17-35/h5-27,30-34H,28-29H2,1-4H3. The van der Waals surface area contributed by atoms with Crippen molar-refractivity contribution in [3.05, 3.63) is 181 Å². The molecule has 8 aromatic carbocycles. The quantitative estimate of drug-likeness (QED) is 0.171. The monoisotopic (exact) mass is 720 g/mol. The molecule has 56 heavy (non-hydrogen) atoms. The van der Waals surface area contributed by atoms with Crippen LogP contribution in [-0.2, 0) is 10.8 Å². The van der Waals surface area contributed by atoms with E-state index in [1.165, 1.54) is 112 Å². The number of benzene rings is 8. The summed E-state index contributed by atoms with van der Waals surface area (Å²) in [5.74, 6) is 0. The summed E-state index contributed by atoms with van der Waals surface area (Å²) in [5.41, 5.74) is 15.4. The van der Waals surface area contributed by atoms with E-state index >= 15 is 0 Å². The number of aromatic nitrogens is 2. The lowest BCUT2D eigenvalue weighted by atomic mass is 9.63. The zero-order valence-corrected chi connectivity index (χ0v) is 32.5. The summed E-state index contributed by atoms with van der Waals surface area (Å²) >= 11 is 0. The second-order valence-electron chi connectivity index (χ2n) is 17.2. The molecule has 2 heteroatoms. The van der Waals surface area contributed by atoms with Crippen LogP contribution in [0.1, 0.15) is 51.7 Å². The van der Waals surface area contributed by atoms with Crippen molar-refractivity contribution in [2.24, 2.45) is 0 Å². The van der Waals surface area contributed by atoms with Crippen LogP contribution in [0.25, 0.3) is 88.0 Å². The Morgan fingerprint density at radius 1 is 0.375 bits per heavy atom. The van der Waals surface area contributed by atoms with Gasteiger partial charge >= 0.3 is 0 Å². The first-order valence-electron chi connectivity index (χ1n) is 20.1. The minimum Gasteiger partial charge on any atom is -0.309 e. The Balaban J connectivity index is 1.27. The van der Waals surface area contributed by atoms with Crippen LogP contribution in [0.5, 0.6) is 0 Å². The highest BCUT2D eigenvalue weighted by molar-refractivity contribution is 6.23. The molecule has 1 aliphatic carbocycles. The molecule has 0 radical (unpaired) electrons. The van der Waals surface area contributed by atoms with E-state index in [1.54, 1.807) is 0 Å². The summed E-state index contributed by atoms with van der Waals surface area (Å²) in [7, 11) is 0. The molecule has 2 nitrogen and oxygen atoms in total. The Morgan fingerprint density at radius 3 is 1.70 bits per heavy atom. The van der Waals surface area contributed by atoms with Gasteiger partial charge in [-0.15, -0.1) is 0 Å². The number of rotatable bonds is 4. The van der Waals surface area contributed by atoms with E-state index in [9.17, 15) is 0 Å². The van der Waals surface area contributed by atoms with Gasteiger partial charge in [0.15, 0.2) is 0 Å². The topological polar surface area (TPSA) is 9.86 Å². The van der Waals surface area contributed by atoms with Gasteiger partial charge in [-0.1, -0.05) is 149 Å². The smallest absolute Gasteiger partial charge is 0.0619 e. The first kappa shape index (κ1) is 33.0. The zero-order chi connectivity index (χ0) is 37.8. The Bertz CT molecular complexity index is 3170. The third-order valence-corrected chi connectivity index (χ3v) is 13.0. The molecule has 0 bridgehead atoms. The number of hydrogen-bond acceptors (Lipinski definition) is 0. The summed E-state index contributed by atoms with van der Waals surface area (Å²) in [5, 5.41) is 7.70. The van der Waals surface area contributed by atoms with Gasteiger partial charge in [-0.3, -0.25) is 0 Å². The second-order valence-corrected chi connectivity index (χ2v) is 17.2. The van der Waals surface area contributed by atoms with E-state index in [4.69, 9.17) is 0 Å². The molecule has 0 N–H and O–H groups in total. The molecular weight excluding hydrogens is 677 g/mol. The molecule has 1 aliphatic rings. The minimum absolute atomic E-state index is 0.0860. The van der Waals surface area contributed by atoms with Gasteiger partial charge < -0.3 is 9.13 Å². The normalized spacial score (nSPS) is 14.9. The van der Waals surface area contributed by atoms with Crippen LogP contribution >= 0.6 is 0 Å². The molecule has 0 spiro atoms. The van der Waals surface area contributed by atoms with Crippen molar-refractivity contribution in [2.45, 2.75) is 51.4 Å². The van der Waals surface area contributed by atoms with Crippen molar-refractivity contribution in [3.8, 4) is 33.6 Å². The van der Waals surface area contributed by atoms with Gasteiger partial charge in [0.2, 0.25) is 0 Å². The van der Waals surface area contributed by atoms with Gasteiger partial charge in [0.05, 0.1) is 22.1 Å². The first-order chi connectivity index (χ1) is 27.3. The third-order valence-electron chi connectivity index (χ3n) is 13.0. The van der Waals surface area contributed by atoms with Crippen LogP contribution < -0.4 is 0 Å². The van der Waals surface area contributed by atoms with Crippen molar-refractivity contribution in [1.82, 2.24) is 9.13 Å². The maximum absolute atomic E-state index is 2.57. The molecule has 0 saturated carbocycles. The van der Waals surface area contributed by atoms with Crippen molar-refractivity contribution in [1.29, 1.82) is 0 Å². The van der Waals surface area contributed by atoms with Crippen molar-refractivity contribution >= 4 is 54.4 Å². The molecule has 0 saturated heterocycles. The highest BCUT2D eigenvalue weighted by Crippen LogP contribution is 2.50.